The second kappa shape index (κ2) is 13.3. The van der Waals surface area contributed by atoms with Crippen molar-refractivity contribution in [3.63, 3.8) is 0 Å². The molecule has 9 heteroatoms. The molecule has 2 amide bonds. The average molecular weight is 538 g/mol. The number of anilines is 1. The number of halogens is 1. The van der Waals surface area contributed by atoms with Crippen LogP contribution < -0.4 is 20.7 Å². The van der Waals surface area contributed by atoms with E-state index in [4.69, 9.17) is 16.3 Å². The Morgan fingerprint density at radius 1 is 1.05 bits per heavy atom. The van der Waals surface area contributed by atoms with Gasteiger partial charge < -0.3 is 20.7 Å². The Kier molecular flexibility index (Phi) is 9.65. The van der Waals surface area contributed by atoms with Gasteiger partial charge in [-0.3, -0.25) is 9.59 Å². The van der Waals surface area contributed by atoms with Gasteiger partial charge in [0, 0.05) is 23.8 Å². The van der Waals surface area contributed by atoms with Crippen molar-refractivity contribution >= 4 is 29.1 Å². The highest BCUT2D eigenvalue weighted by Crippen LogP contribution is 2.27. The first-order valence-electron chi connectivity index (χ1n) is 13.2. The Hall–Kier alpha value is -3.52. The van der Waals surface area contributed by atoms with E-state index in [-0.39, 0.29) is 11.8 Å². The van der Waals surface area contributed by atoms with Crippen LogP contribution in [0.15, 0.2) is 54.7 Å². The van der Waals surface area contributed by atoms with Gasteiger partial charge in [0.15, 0.2) is 0 Å². The molecule has 2 aromatic carbocycles. The first-order chi connectivity index (χ1) is 18.4. The molecule has 0 bridgehead atoms. The first kappa shape index (κ1) is 27.5. The van der Waals surface area contributed by atoms with E-state index >= 15 is 0 Å². The van der Waals surface area contributed by atoms with Crippen LogP contribution in [0.4, 0.5) is 5.69 Å². The molecule has 38 heavy (non-hydrogen) atoms. The number of benzene rings is 2. The molecule has 0 aliphatic heterocycles. The summed E-state index contributed by atoms with van der Waals surface area (Å²) in [5.41, 5.74) is 2.90. The van der Waals surface area contributed by atoms with Gasteiger partial charge in [0.25, 0.3) is 5.91 Å². The third-order valence-corrected chi connectivity index (χ3v) is 7.34. The zero-order valence-electron chi connectivity index (χ0n) is 22.0. The van der Waals surface area contributed by atoms with Crippen molar-refractivity contribution in [3.8, 4) is 11.4 Å². The van der Waals surface area contributed by atoms with Crippen LogP contribution in [-0.2, 0) is 4.79 Å². The van der Waals surface area contributed by atoms with Gasteiger partial charge in [-0.05, 0) is 67.8 Å². The summed E-state index contributed by atoms with van der Waals surface area (Å²) in [6.45, 7) is 2.85. The van der Waals surface area contributed by atoms with Crippen LogP contribution in [-0.4, -0.2) is 47.8 Å². The van der Waals surface area contributed by atoms with E-state index in [1.807, 2.05) is 43.3 Å². The quantitative estimate of drug-likeness (QED) is 0.294. The highest BCUT2D eigenvalue weighted by atomic mass is 35.5. The maximum absolute atomic E-state index is 13.3. The molecule has 1 aliphatic rings. The van der Waals surface area contributed by atoms with Gasteiger partial charge >= 0.3 is 0 Å². The van der Waals surface area contributed by atoms with Crippen LogP contribution in [0.2, 0.25) is 5.02 Å². The average Bonchev–Trinajstić information content (AvgIpc) is 3.33. The summed E-state index contributed by atoms with van der Waals surface area (Å²) in [7, 11) is 1.63. The normalized spacial score (nSPS) is 14.5. The third kappa shape index (κ3) is 7.28. The van der Waals surface area contributed by atoms with E-state index in [1.54, 1.807) is 30.1 Å². The predicted octanol–water partition coefficient (Wildman–Crippen LogP) is 5.14. The SMILES string of the molecule is COc1ccc(NCCNC(=O)[C@H](CC2CCCCC2)NC(=O)c2cnn(-c3ccc(Cl)cc3)c2C)cc1. The summed E-state index contributed by atoms with van der Waals surface area (Å²) < 4.78 is 6.89. The molecule has 4 rings (SSSR count). The molecular weight excluding hydrogens is 502 g/mol. The number of nitrogens with one attached hydrogen (secondary N) is 3. The number of carbonyl (C=O) groups is 2. The smallest absolute Gasteiger partial charge is 0.255 e. The van der Waals surface area contributed by atoms with E-state index in [1.165, 1.54) is 19.3 Å². The lowest BCUT2D eigenvalue weighted by molar-refractivity contribution is -0.123. The Bertz CT molecular complexity index is 1200. The monoisotopic (exact) mass is 537 g/mol. The van der Waals surface area contributed by atoms with Gasteiger partial charge in [0.05, 0.1) is 30.3 Å². The Balaban J connectivity index is 1.38. The molecule has 0 unspecified atom stereocenters. The van der Waals surface area contributed by atoms with Gasteiger partial charge in [-0.2, -0.15) is 5.10 Å². The number of ether oxygens (including phenoxy) is 1. The Morgan fingerprint density at radius 3 is 2.45 bits per heavy atom. The molecule has 0 spiro atoms. The third-order valence-electron chi connectivity index (χ3n) is 7.08. The summed E-state index contributed by atoms with van der Waals surface area (Å²) in [6, 6.07) is 14.3. The van der Waals surface area contributed by atoms with Gasteiger partial charge in [-0.15, -0.1) is 0 Å². The predicted molar refractivity (Wildman–Crippen MR) is 150 cm³/mol. The van der Waals surface area contributed by atoms with Gasteiger partial charge in [0.2, 0.25) is 5.91 Å². The van der Waals surface area contributed by atoms with E-state index < -0.39 is 6.04 Å². The standard InChI is InChI=1S/C29H36ClN5O3/c1-20-26(19-33-35(20)24-12-8-22(30)9-13-24)28(36)34-27(18-21-6-4-3-5-7-21)29(37)32-17-16-31-23-10-14-25(38-2)15-11-23/h8-15,19,21,27,31H,3-7,16-18H2,1-2H3,(H,32,37)(H,34,36)/t27-/m0/s1. The lowest BCUT2D eigenvalue weighted by Crippen LogP contribution is -2.48. The minimum Gasteiger partial charge on any atom is -0.497 e. The Labute approximate surface area is 229 Å². The van der Waals surface area contributed by atoms with Crippen LogP contribution in [0, 0.1) is 12.8 Å². The highest BCUT2D eigenvalue weighted by Gasteiger charge is 2.27. The van der Waals surface area contributed by atoms with Crippen LogP contribution in [0.5, 0.6) is 5.75 Å². The van der Waals surface area contributed by atoms with Crippen LogP contribution >= 0.6 is 11.6 Å². The number of methoxy groups -OCH3 is 1. The largest absolute Gasteiger partial charge is 0.497 e. The second-order valence-corrected chi connectivity index (χ2v) is 10.2. The fourth-order valence-electron chi connectivity index (χ4n) is 4.92. The molecule has 1 fully saturated rings. The van der Waals surface area contributed by atoms with E-state index in [0.717, 1.165) is 30.0 Å². The number of hydrogen-bond donors (Lipinski definition) is 3. The zero-order chi connectivity index (χ0) is 26.9. The molecule has 3 aromatic rings. The molecule has 202 valence electrons. The topological polar surface area (TPSA) is 97.3 Å². The minimum absolute atomic E-state index is 0.164. The maximum atomic E-state index is 13.3. The molecule has 1 aromatic heterocycles. The molecule has 0 saturated heterocycles. The van der Waals surface area contributed by atoms with E-state index in [9.17, 15) is 9.59 Å². The maximum Gasteiger partial charge on any atom is 0.255 e. The zero-order valence-corrected chi connectivity index (χ0v) is 22.8. The molecule has 8 nitrogen and oxygen atoms in total. The van der Waals surface area contributed by atoms with Gasteiger partial charge in [-0.1, -0.05) is 43.7 Å². The summed E-state index contributed by atoms with van der Waals surface area (Å²) in [4.78, 5) is 26.5. The fourth-order valence-corrected chi connectivity index (χ4v) is 5.05. The Morgan fingerprint density at radius 2 is 1.76 bits per heavy atom. The van der Waals surface area contributed by atoms with Crippen molar-refractivity contribution in [1.29, 1.82) is 0 Å². The van der Waals surface area contributed by atoms with Crippen molar-refractivity contribution in [2.75, 3.05) is 25.5 Å². The first-order valence-corrected chi connectivity index (χ1v) is 13.6. The van der Waals surface area contributed by atoms with Crippen molar-refractivity contribution in [1.82, 2.24) is 20.4 Å². The molecular formula is C29H36ClN5O3. The fraction of sp³-hybridized carbons (Fsp3) is 0.414. The lowest BCUT2D eigenvalue weighted by Gasteiger charge is -2.26. The molecule has 0 radical (unpaired) electrons. The minimum atomic E-state index is -0.607. The molecule has 1 atom stereocenters. The summed E-state index contributed by atoms with van der Waals surface area (Å²) in [6.07, 6.45) is 7.94. The summed E-state index contributed by atoms with van der Waals surface area (Å²) in [5, 5.41) is 14.3. The molecule has 1 aliphatic carbocycles. The van der Waals surface area contributed by atoms with Crippen molar-refractivity contribution in [2.45, 2.75) is 51.5 Å². The molecule has 1 heterocycles. The highest BCUT2D eigenvalue weighted by molar-refractivity contribution is 6.30. The number of nitrogens with zero attached hydrogens (tertiary/aromatic N) is 2. The summed E-state index contributed by atoms with van der Waals surface area (Å²) >= 11 is 6.01. The van der Waals surface area contributed by atoms with E-state index in [2.05, 4.69) is 21.0 Å². The summed E-state index contributed by atoms with van der Waals surface area (Å²) in [5.74, 6) is 0.757. The number of hydrogen-bond acceptors (Lipinski definition) is 5. The van der Waals surface area contributed by atoms with Crippen molar-refractivity contribution in [3.05, 3.63) is 71.0 Å². The number of carbonyl (C=O) groups excluding carboxylic acids is 2. The molecule has 1 saturated carbocycles. The van der Waals surface area contributed by atoms with Crippen LogP contribution in [0.1, 0.15) is 54.6 Å². The van der Waals surface area contributed by atoms with Crippen molar-refractivity contribution in [2.24, 2.45) is 5.92 Å². The molecule has 3 N–H and O–H groups in total. The lowest BCUT2D eigenvalue weighted by atomic mass is 9.84. The van der Waals surface area contributed by atoms with Crippen molar-refractivity contribution < 1.29 is 14.3 Å². The number of aromatic nitrogens is 2. The van der Waals surface area contributed by atoms with E-state index in [0.29, 0.717) is 41.7 Å². The van der Waals surface area contributed by atoms with Gasteiger partial charge in [0.1, 0.15) is 11.8 Å². The number of rotatable bonds is 11. The van der Waals surface area contributed by atoms with Gasteiger partial charge in [-0.25, -0.2) is 4.68 Å². The number of amides is 2. The second-order valence-electron chi connectivity index (χ2n) is 9.74. The van der Waals surface area contributed by atoms with Crippen LogP contribution in [0.3, 0.4) is 0 Å². The van der Waals surface area contributed by atoms with Crippen LogP contribution in [0.25, 0.3) is 5.69 Å².